The number of rotatable bonds is 4. The normalized spacial score (nSPS) is 27.7. The Morgan fingerprint density at radius 3 is 2.71 bits per heavy atom. The van der Waals surface area contributed by atoms with Crippen molar-refractivity contribution in [3.8, 4) is 0 Å². The molecule has 0 spiro atoms. The highest BCUT2D eigenvalue weighted by Gasteiger charge is 2.45. The van der Waals surface area contributed by atoms with Crippen LogP contribution in [0.15, 0.2) is 29.2 Å². The molecular formula is C22H26FN5O2S. The molecule has 4 aliphatic rings. The summed E-state index contributed by atoms with van der Waals surface area (Å²) in [6.45, 7) is 3.14. The van der Waals surface area contributed by atoms with Gasteiger partial charge in [-0.2, -0.15) is 4.98 Å². The van der Waals surface area contributed by atoms with E-state index < -0.39 is 10.8 Å². The minimum atomic E-state index is -1.04. The molecule has 0 aliphatic carbocycles. The summed E-state index contributed by atoms with van der Waals surface area (Å²) in [6.07, 6.45) is 3.61. The second kappa shape index (κ2) is 7.70. The van der Waals surface area contributed by atoms with Crippen LogP contribution in [0.3, 0.4) is 0 Å². The molecule has 9 heteroatoms. The van der Waals surface area contributed by atoms with Crippen LogP contribution in [0.5, 0.6) is 0 Å². The molecule has 0 radical (unpaired) electrons. The molecule has 5 heterocycles. The number of halogens is 1. The number of hydrogen-bond acceptors (Lipinski definition) is 7. The number of benzene rings is 1. The molecule has 164 valence electrons. The summed E-state index contributed by atoms with van der Waals surface area (Å²) in [6, 6.07) is 7.76. The lowest BCUT2D eigenvalue weighted by Gasteiger charge is -2.36. The van der Waals surface area contributed by atoms with Crippen molar-refractivity contribution in [2.45, 2.75) is 48.7 Å². The summed E-state index contributed by atoms with van der Waals surface area (Å²) >= 11 is 0. The SMILES string of the molecule is O=S1CCc2nc(N3CC4CC3CN4c3cccc(F)c3)nc(NC3CCOCC3)c21. The van der Waals surface area contributed by atoms with E-state index in [-0.39, 0.29) is 11.9 Å². The predicted molar refractivity (Wildman–Crippen MR) is 118 cm³/mol. The molecule has 0 amide bonds. The number of aryl methyl sites for hydroxylation is 1. The Hall–Kier alpha value is -2.26. The molecule has 1 N–H and O–H groups in total. The second-order valence-electron chi connectivity index (χ2n) is 8.81. The van der Waals surface area contributed by atoms with E-state index in [0.717, 1.165) is 80.0 Å². The first-order valence-corrected chi connectivity index (χ1v) is 12.4. The highest BCUT2D eigenvalue weighted by molar-refractivity contribution is 7.85. The Labute approximate surface area is 183 Å². The first-order valence-electron chi connectivity index (χ1n) is 11.1. The van der Waals surface area contributed by atoms with E-state index in [4.69, 9.17) is 14.7 Å². The Morgan fingerprint density at radius 1 is 1.13 bits per heavy atom. The number of nitrogens with zero attached hydrogens (tertiary/aromatic N) is 4. The van der Waals surface area contributed by atoms with E-state index >= 15 is 0 Å². The molecule has 1 aromatic heterocycles. The van der Waals surface area contributed by atoms with Crippen LogP contribution >= 0.6 is 0 Å². The first kappa shape index (κ1) is 19.4. The fraction of sp³-hybridized carbons (Fsp3) is 0.545. The molecule has 0 saturated carbocycles. The number of anilines is 3. The second-order valence-corrected chi connectivity index (χ2v) is 10.3. The smallest absolute Gasteiger partial charge is 0.227 e. The van der Waals surface area contributed by atoms with Gasteiger partial charge in [0.1, 0.15) is 16.5 Å². The summed E-state index contributed by atoms with van der Waals surface area (Å²) < 4.78 is 31.8. The van der Waals surface area contributed by atoms with Crippen LogP contribution in [0.1, 0.15) is 25.0 Å². The summed E-state index contributed by atoms with van der Waals surface area (Å²) in [5, 5.41) is 3.56. The maximum Gasteiger partial charge on any atom is 0.227 e. The van der Waals surface area contributed by atoms with Gasteiger partial charge >= 0.3 is 0 Å². The van der Waals surface area contributed by atoms with Crippen LogP contribution in [0.2, 0.25) is 0 Å². The molecule has 3 atom stereocenters. The first-order chi connectivity index (χ1) is 15.2. The van der Waals surface area contributed by atoms with E-state index in [0.29, 0.717) is 17.8 Å². The lowest BCUT2D eigenvalue weighted by Crippen LogP contribution is -2.47. The molecule has 3 saturated heterocycles. The van der Waals surface area contributed by atoms with Crippen molar-refractivity contribution < 1.29 is 13.3 Å². The molecule has 4 aliphatic heterocycles. The van der Waals surface area contributed by atoms with Crippen LogP contribution in [-0.4, -0.2) is 64.4 Å². The van der Waals surface area contributed by atoms with E-state index in [2.05, 4.69) is 15.1 Å². The van der Waals surface area contributed by atoms with Gasteiger partial charge in [0.25, 0.3) is 0 Å². The highest BCUT2D eigenvalue weighted by Crippen LogP contribution is 2.38. The largest absolute Gasteiger partial charge is 0.381 e. The van der Waals surface area contributed by atoms with Crippen LogP contribution in [-0.2, 0) is 22.0 Å². The van der Waals surface area contributed by atoms with Gasteiger partial charge in [-0.3, -0.25) is 4.21 Å². The molecule has 3 fully saturated rings. The van der Waals surface area contributed by atoms with Gasteiger partial charge in [0.2, 0.25) is 5.95 Å². The van der Waals surface area contributed by atoms with Crippen molar-refractivity contribution in [3.05, 3.63) is 35.8 Å². The fourth-order valence-corrected chi connectivity index (χ4v) is 6.64. The van der Waals surface area contributed by atoms with Gasteiger partial charge in [0.15, 0.2) is 0 Å². The van der Waals surface area contributed by atoms with Gasteiger partial charge in [0.05, 0.1) is 22.5 Å². The Bertz CT molecular complexity index is 1030. The van der Waals surface area contributed by atoms with E-state index in [1.807, 2.05) is 6.07 Å². The minimum Gasteiger partial charge on any atom is -0.381 e. The molecule has 1 aromatic carbocycles. The van der Waals surface area contributed by atoms with Crippen molar-refractivity contribution in [1.29, 1.82) is 0 Å². The third-order valence-electron chi connectivity index (χ3n) is 6.88. The van der Waals surface area contributed by atoms with Crippen LogP contribution in [0.25, 0.3) is 0 Å². The van der Waals surface area contributed by atoms with Crippen molar-refractivity contribution in [2.24, 2.45) is 0 Å². The van der Waals surface area contributed by atoms with E-state index in [1.54, 1.807) is 12.1 Å². The molecule has 31 heavy (non-hydrogen) atoms. The summed E-state index contributed by atoms with van der Waals surface area (Å²) in [7, 11) is -1.04. The third-order valence-corrected chi connectivity index (χ3v) is 8.33. The number of fused-ring (bicyclic) bond motifs is 3. The van der Waals surface area contributed by atoms with Crippen LogP contribution in [0, 0.1) is 5.82 Å². The zero-order chi connectivity index (χ0) is 20.9. The Kier molecular flexibility index (Phi) is 4.83. The van der Waals surface area contributed by atoms with E-state index in [9.17, 15) is 8.60 Å². The number of aromatic nitrogens is 2. The molecule has 2 aromatic rings. The monoisotopic (exact) mass is 443 g/mol. The Morgan fingerprint density at radius 2 is 1.94 bits per heavy atom. The van der Waals surface area contributed by atoms with Crippen LogP contribution in [0.4, 0.5) is 21.8 Å². The van der Waals surface area contributed by atoms with Gasteiger partial charge in [-0.05, 0) is 37.5 Å². The third kappa shape index (κ3) is 3.47. The molecule has 2 bridgehead atoms. The van der Waals surface area contributed by atoms with E-state index in [1.165, 1.54) is 6.07 Å². The van der Waals surface area contributed by atoms with Gasteiger partial charge < -0.3 is 19.9 Å². The summed E-state index contributed by atoms with van der Waals surface area (Å²) in [4.78, 5) is 15.1. The van der Waals surface area contributed by atoms with Crippen LogP contribution < -0.4 is 15.1 Å². The zero-order valence-corrected chi connectivity index (χ0v) is 18.1. The number of piperazine rings is 1. The van der Waals surface area contributed by atoms with Gasteiger partial charge in [-0.1, -0.05) is 6.07 Å². The maximum atomic E-state index is 13.7. The number of hydrogen-bond donors (Lipinski definition) is 1. The standard InChI is InChI=1S/C22H26FN5O2S/c23-14-2-1-3-16(10-14)27-12-18-11-17(27)13-28(18)22-25-19-6-9-31(29)20(19)21(26-22)24-15-4-7-30-8-5-15/h1-3,10,15,17-18H,4-9,11-13H2,(H,24,25,26). The lowest BCUT2D eigenvalue weighted by molar-refractivity contribution is 0.0903. The molecule has 3 unspecified atom stereocenters. The van der Waals surface area contributed by atoms with Crippen molar-refractivity contribution in [3.63, 3.8) is 0 Å². The summed E-state index contributed by atoms with van der Waals surface area (Å²) in [5.74, 6) is 1.90. The predicted octanol–water partition coefficient (Wildman–Crippen LogP) is 2.34. The van der Waals surface area contributed by atoms with Crippen molar-refractivity contribution in [1.82, 2.24) is 9.97 Å². The zero-order valence-electron chi connectivity index (χ0n) is 17.3. The van der Waals surface area contributed by atoms with Gasteiger partial charge in [0, 0.05) is 56.2 Å². The Balaban J connectivity index is 1.26. The number of ether oxygens (including phenoxy) is 1. The topological polar surface area (TPSA) is 70.6 Å². The van der Waals surface area contributed by atoms with Crippen molar-refractivity contribution in [2.75, 3.05) is 47.2 Å². The quantitative estimate of drug-likeness (QED) is 0.778. The summed E-state index contributed by atoms with van der Waals surface area (Å²) in [5.41, 5.74) is 1.86. The molecule has 6 rings (SSSR count). The molecule has 7 nitrogen and oxygen atoms in total. The highest BCUT2D eigenvalue weighted by atomic mass is 32.2. The fourth-order valence-electron chi connectivity index (χ4n) is 5.33. The van der Waals surface area contributed by atoms with Gasteiger partial charge in [-0.25, -0.2) is 9.37 Å². The van der Waals surface area contributed by atoms with Crippen molar-refractivity contribution >= 4 is 28.3 Å². The maximum absolute atomic E-state index is 13.7. The molecular weight excluding hydrogens is 417 g/mol. The average molecular weight is 444 g/mol. The lowest BCUT2D eigenvalue weighted by atomic mass is 10.1. The number of nitrogens with one attached hydrogen (secondary N) is 1. The van der Waals surface area contributed by atoms with Gasteiger partial charge in [-0.15, -0.1) is 0 Å². The average Bonchev–Trinajstić information content (AvgIpc) is 3.49. The minimum absolute atomic E-state index is 0.198.